The van der Waals surface area contributed by atoms with Crippen LogP contribution in [0.3, 0.4) is 0 Å². The second-order valence-corrected chi connectivity index (χ2v) is 12.0. The number of aromatic nitrogens is 2. The van der Waals surface area contributed by atoms with E-state index >= 15 is 0 Å². The van der Waals surface area contributed by atoms with Crippen LogP contribution in [0.4, 0.5) is 0 Å². The summed E-state index contributed by atoms with van der Waals surface area (Å²) in [7, 11) is 0. The molecule has 4 saturated carbocycles. The molecule has 1 unspecified atom stereocenters. The summed E-state index contributed by atoms with van der Waals surface area (Å²) in [5.74, 6) is 2.66. The predicted molar refractivity (Wildman–Crippen MR) is 117 cm³/mol. The van der Waals surface area contributed by atoms with Crippen LogP contribution in [-0.2, 0) is 4.79 Å². The molecule has 6 rings (SSSR count). The van der Waals surface area contributed by atoms with Crippen molar-refractivity contribution in [2.24, 2.45) is 17.8 Å². The standard InChI is InChI=1S/C21H25N3OS3/c1-13(27-19-23-24(20(26)28-19)17-5-3-2-4-6-17)18(25)22-21-10-14-7-15(11-21)9-16(8-14)12-21/h2-6,13-16H,7-12H2,1H3,(H,22,25). The summed E-state index contributed by atoms with van der Waals surface area (Å²) in [6.07, 6.45) is 7.72. The highest BCUT2D eigenvalue weighted by molar-refractivity contribution is 8.02. The Kier molecular flexibility index (Phi) is 4.88. The Morgan fingerprint density at radius 1 is 1.21 bits per heavy atom. The van der Waals surface area contributed by atoms with E-state index in [4.69, 9.17) is 12.2 Å². The van der Waals surface area contributed by atoms with Crippen molar-refractivity contribution in [3.05, 3.63) is 34.3 Å². The zero-order chi connectivity index (χ0) is 19.3. The van der Waals surface area contributed by atoms with Gasteiger partial charge in [-0.15, -0.1) is 5.10 Å². The number of carbonyl (C=O) groups is 1. The van der Waals surface area contributed by atoms with E-state index < -0.39 is 0 Å². The van der Waals surface area contributed by atoms with Gasteiger partial charge in [0.25, 0.3) is 0 Å². The van der Waals surface area contributed by atoms with Gasteiger partial charge in [-0.1, -0.05) is 41.3 Å². The van der Waals surface area contributed by atoms with Gasteiger partial charge in [0, 0.05) is 5.54 Å². The van der Waals surface area contributed by atoms with Crippen LogP contribution < -0.4 is 5.32 Å². The maximum absolute atomic E-state index is 13.0. The third kappa shape index (κ3) is 3.57. The first-order valence-corrected chi connectivity index (χ1v) is 12.2. The Balaban J connectivity index is 1.27. The van der Waals surface area contributed by atoms with Gasteiger partial charge < -0.3 is 5.32 Å². The number of rotatable bonds is 5. The number of para-hydroxylation sites is 1. The fraction of sp³-hybridized carbons (Fsp3) is 0.571. The summed E-state index contributed by atoms with van der Waals surface area (Å²) in [6, 6.07) is 9.92. The van der Waals surface area contributed by atoms with E-state index in [0.29, 0.717) is 3.95 Å². The van der Waals surface area contributed by atoms with Gasteiger partial charge in [-0.3, -0.25) is 4.79 Å². The van der Waals surface area contributed by atoms with Crippen molar-refractivity contribution in [2.45, 2.75) is 60.6 Å². The number of carbonyl (C=O) groups excluding carboxylic acids is 1. The summed E-state index contributed by atoms with van der Waals surface area (Å²) < 4.78 is 3.34. The summed E-state index contributed by atoms with van der Waals surface area (Å²) >= 11 is 8.48. The Hall–Kier alpha value is -1.18. The van der Waals surface area contributed by atoms with Crippen LogP contribution in [0.5, 0.6) is 0 Å². The lowest BCUT2D eigenvalue weighted by atomic mass is 9.53. The fourth-order valence-electron chi connectivity index (χ4n) is 5.87. The molecule has 4 fully saturated rings. The van der Waals surface area contributed by atoms with E-state index in [9.17, 15) is 4.79 Å². The molecule has 0 aliphatic heterocycles. The van der Waals surface area contributed by atoms with Crippen molar-refractivity contribution in [1.29, 1.82) is 0 Å². The average molecular weight is 432 g/mol. The van der Waals surface area contributed by atoms with Crippen molar-refractivity contribution >= 4 is 41.2 Å². The number of thioether (sulfide) groups is 1. The minimum absolute atomic E-state index is 0.0661. The van der Waals surface area contributed by atoms with Crippen LogP contribution in [0.2, 0.25) is 0 Å². The summed E-state index contributed by atoms with van der Waals surface area (Å²) in [4.78, 5) is 13.0. The monoisotopic (exact) mass is 431 g/mol. The molecule has 4 aliphatic rings. The number of hydrogen-bond donors (Lipinski definition) is 1. The lowest BCUT2D eigenvalue weighted by Crippen LogP contribution is -2.60. The number of hydrogen-bond acceptors (Lipinski definition) is 5. The first-order valence-electron chi connectivity index (χ1n) is 10.1. The molecule has 4 nitrogen and oxygen atoms in total. The Morgan fingerprint density at radius 2 is 1.82 bits per heavy atom. The molecule has 7 heteroatoms. The number of nitrogens with one attached hydrogen (secondary N) is 1. The minimum atomic E-state index is -0.169. The van der Waals surface area contributed by atoms with Crippen LogP contribution in [0.25, 0.3) is 5.69 Å². The quantitative estimate of drug-likeness (QED) is 0.520. The van der Waals surface area contributed by atoms with Crippen molar-refractivity contribution in [3.63, 3.8) is 0 Å². The molecule has 4 aliphatic carbocycles. The van der Waals surface area contributed by atoms with Crippen molar-refractivity contribution in [1.82, 2.24) is 15.1 Å². The fourth-order valence-corrected chi connectivity index (χ4v) is 8.38. The molecule has 1 N–H and O–H groups in total. The molecule has 1 amide bonds. The third-order valence-corrected chi connectivity index (χ3v) is 9.02. The SMILES string of the molecule is CC(Sc1nn(-c2ccccc2)c(=S)s1)C(=O)NC12CC3CC(CC(C3)C1)C2. The Labute approximate surface area is 179 Å². The molecule has 1 aromatic carbocycles. The molecule has 0 radical (unpaired) electrons. The summed E-state index contributed by atoms with van der Waals surface area (Å²) in [5.41, 5.74) is 1.03. The van der Waals surface area contributed by atoms with Crippen LogP contribution in [-0.4, -0.2) is 26.5 Å². The van der Waals surface area contributed by atoms with E-state index in [-0.39, 0.29) is 16.7 Å². The molecule has 148 valence electrons. The van der Waals surface area contributed by atoms with Gasteiger partial charge >= 0.3 is 0 Å². The maximum Gasteiger partial charge on any atom is 0.233 e. The third-order valence-electron chi connectivity index (χ3n) is 6.60. The van der Waals surface area contributed by atoms with Gasteiger partial charge in [-0.2, -0.15) is 0 Å². The van der Waals surface area contributed by atoms with Crippen LogP contribution in [0, 0.1) is 21.7 Å². The first-order chi connectivity index (χ1) is 13.5. The molecule has 2 aromatic rings. The zero-order valence-electron chi connectivity index (χ0n) is 16.0. The molecule has 1 aromatic heterocycles. The lowest BCUT2D eigenvalue weighted by Gasteiger charge is -2.57. The molecule has 0 spiro atoms. The topological polar surface area (TPSA) is 46.9 Å². The Bertz CT molecular complexity index is 901. The molecule has 0 saturated heterocycles. The van der Waals surface area contributed by atoms with Crippen LogP contribution >= 0.6 is 35.3 Å². The zero-order valence-corrected chi connectivity index (χ0v) is 18.4. The van der Waals surface area contributed by atoms with Crippen molar-refractivity contribution in [3.8, 4) is 5.69 Å². The van der Waals surface area contributed by atoms with E-state index in [1.807, 2.05) is 37.3 Å². The average Bonchev–Trinajstić information content (AvgIpc) is 3.01. The second-order valence-electron chi connectivity index (χ2n) is 8.83. The van der Waals surface area contributed by atoms with E-state index in [1.54, 1.807) is 4.68 Å². The van der Waals surface area contributed by atoms with Crippen LogP contribution in [0.1, 0.15) is 45.4 Å². The highest BCUT2D eigenvalue weighted by Gasteiger charge is 2.51. The van der Waals surface area contributed by atoms with Crippen LogP contribution in [0.15, 0.2) is 34.7 Å². The molecular weight excluding hydrogens is 406 g/mol. The summed E-state index contributed by atoms with van der Waals surface area (Å²) in [6.45, 7) is 1.98. The normalized spacial score (nSPS) is 31.7. The predicted octanol–water partition coefficient (Wildman–Crippen LogP) is 5.23. The van der Waals surface area contributed by atoms with Gasteiger partial charge in [0.15, 0.2) is 8.29 Å². The summed E-state index contributed by atoms with van der Waals surface area (Å²) in [5, 5.41) is 7.96. The molecule has 28 heavy (non-hydrogen) atoms. The van der Waals surface area contributed by atoms with Gasteiger partial charge in [0.1, 0.15) is 0 Å². The smallest absolute Gasteiger partial charge is 0.233 e. The van der Waals surface area contributed by atoms with Gasteiger partial charge in [0.05, 0.1) is 10.9 Å². The molecule has 4 bridgehead atoms. The highest BCUT2D eigenvalue weighted by Crippen LogP contribution is 2.55. The van der Waals surface area contributed by atoms with E-state index in [0.717, 1.165) is 27.8 Å². The molecular formula is C21H25N3OS3. The van der Waals surface area contributed by atoms with E-state index in [1.165, 1.54) is 61.6 Å². The van der Waals surface area contributed by atoms with E-state index in [2.05, 4.69) is 10.4 Å². The van der Waals surface area contributed by atoms with Gasteiger partial charge in [-0.05, 0) is 87.6 Å². The van der Waals surface area contributed by atoms with Crippen molar-refractivity contribution < 1.29 is 4.79 Å². The van der Waals surface area contributed by atoms with Gasteiger partial charge in [-0.25, -0.2) is 4.68 Å². The number of benzene rings is 1. The largest absolute Gasteiger partial charge is 0.350 e. The van der Waals surface area contributed by atoms with Crippen molar-refractivity contribution in [2.75, 3.05) is 0 Å². The molecule has 1 heterocycles. The number of nitrogens with zero attached hydrogens (tertiary/aromatic N) is 2. The first kappa shape index (κ1) is 18.8. The Morgan fingerprint density at radius 3 is 2.43 bits per heavy atom. The minimum Gasteiger partial charge on any atom is -0.350 e. The molecule has 1 atom stereocenters. The number of amides is 1. The maximum atomic E-state index is 13.0. The van der Waals surface area contributed by atoms with Gasteiger partial charge in [0.2, 0.25) is 5.91 Å². The lowest BCUT2D eigenvalue weighted by molar-refractivity contribution is -0.126. The highest BCUT2D eigenvalue weighted by atomic mass is 32.2. The second kappa shape index (κ2) is 7.26.